The molecule has 0 saturated carbocycles. The predicted molar refractivity (Wildman–Crippen MR) is 89.4 cm³/mol. The van der Waals surface area contributed by atoms with Gasteiger partial charge in [0, 0.05) is 17.2 Å². The van der Waals surface area contributed by atoms with Gasteiger partial charge in [0.15, 0.2) is 5.78 Å². The SMILES string of the molecule is COc1ccc(C(=O)Cn2nc(-c3ccccc3)cc2N)cc1. The second-order valence-electron chi connectivity index (χ2n) is 5.13. The lowest BCUT2D eigenvalue weighted by Gasteiger charge is -2.05. The second kappa shape index (κ2) is 6.36. The summed E-state index contributed by atoms with van der Waals surface area (Å²) in [5.74, 6) is 1.12. The molecule has 0 atom stereocenters. The summed E-state index contributed by atoms with van der Waals surface area (Å²) in [5, 5.41) is 4.43. The Morgan fingerprint density at radius 3 is 2.48 bits per heavy atom. The number of hydrogen-bond acceptors (Lipinski definition) is 4. The maximum atomic E-state index is 12.4. The van der Waals surface area contributed by atoms with E-state index in [0.717, 1.165) is 11.3 Å². The third kappa shape index (κ3) is 3.23. The number of carbonyl (C=O) groups excluding carboxylic acids is 1. The van der Waals surface area contributed by atoms with Crippen LogP contribution in [0.2, 0.25) is 0 Å². The molecule has 0 aliphatic carbocycles. The van der Waals surface area contributed by atoms with Crippen molar-refractivity contribution in [3.8, 4) is 17.0 Å². The standard InChI is InChI=1S/C18H17N3O2/c1-23-15-9-7-14(8-10-15)17(22)12-21-18(19)11-16(20-21)13-5-3-2-4-6-13/h2-11H,12,19H2,1H3. The molecule has 116 valence electrons. The lowest BCUT2D eigenvalue weighted by molar-refractivity contribution is 0.0968. The van der Waals surface area contributed by atoms with E-state index >= 15 is 0 Å². The summed E-state index contributed by atoms with van der Waals surface area (Å²) in [5.41, 5.74) is 8.30. The zero-order valence-corrected chi connectivity index (χ0v) is 12.8. The van der Waals surface area contributed by atoms with E-state index in [1.54, 1.807) is 37.4 Å². The Hall–Kier alpha value is -3.08. The zero-order valence-electron chi connectivity index (χ0n) is 12.8. The molecule has 0 saturated heterocycles. The van der Waals surface area contributed by atoms with Crippen LogP contribution in [0.3, 0.4) is 0 Å². The van der Waals surface area contributed by atoms with Crippen molar-refractivity contribution in [1.82, 2.24) is 9.78 Å². The summed E-state index contributed by atoms with van der Waals surface area (Å²) in [7, 11) is 1.59. The van der Waals surface area contributed by atoms with Crippen LogP contribution in [0.4, 0.5) is 5.82 Å². The van der Waals surface area contributed by atoms with Crippen molar-refractivity contribution in [2.45, 2.75) is 6.54 Å². The smallest absolute Gasteiger partial charge is 0.184 e. The van der Waals surface area contributed by atoms with Crippen molar-refractivity contribution >= 4 is 11.6 Å². The number of Topliss-reactive ketones (excluding diaryl/α,β-unsaturated/α-hetero) is 1. The lowest BCUT2D eigenvalue weighted by atomic mass is 10.1. The number of ketones is 1. The van der Waals surface area contributed by atoms with Crippen LogP contribution in [-0.4, -0.2) is 22.7 Å². The molecule has 0 bridgehead atoms. The van der Waals surface area contributed by atoms with E-state index in [-0.39, 0.29) is 12.3 Å². The molecule has 3 aromatic rings. The molecule has 0 radical (unpaired) electrons. The minimum Gasteiger partial charge on any atom is -0.497 e. The number of ether oxygens (including phenoxy) is 1. The summed E-state index contributed by atoms with van der Waals surface area (Å²) in [6.45, 7) is 0.102. The number of methoxy groups -OCH3 is 1. The van der Waals surface area contributed by atoms with Crippen molar-refractivity contribution in [3.05, 3.63) is 66.2 Å². The number of carbonyl (C=O) groups is 1. The Bertz CT molecular complexity index is 808. The summed E-state index contributed by atoms with van der Waals surface area (Å²) in [6, 6.07) is 18.5. The van der Waals surface area contributed by atoms with Gasteiger partial charge in [-0.2, -0.15) is 5.10 Å². The van der Waals surface area contributed by atoms with E-state index in [9.17, 15) is 4.79 Å². The van der Waals surface area contributed by atoms with Gasteiger partial charge in [0.25, 0.3) is 0 Å². The number of nitrogen functional groups attached to an aromatic ring is 1. The number of nitrogens with zero attached hydrogens (tertiary/aromatic N) is 2. The third-order valence-electron chi connectivity index (χ3n) is 3.59. The average Bonchev–Trinajstić information content (AvgIpc) is 2.96. The van der Waals surface area contributed by atoms with E-state index < -0.39 is 0 Å². The highest BCUT2D eigenvalue weighted by molar-refractivity contribution is 5.96. The van der Waals surface area contributed by atoms with Crippen molar-refractivity contribution in [3.63, 3.8) is 0 Å². The maximum absolute atomic E-state index is 12.4. The van der Waals surface area contributed by atoms with Gasteiger partial charge in [-0.15, -0.1) is 0 Å². The van der Waals surface area contributed by atoms with Gasteiger partial charge in [-0.3, -0.25) is 4.79 Å². The molecule has 0 aliphatic heterocycles. The normalized spacial score (nSPS) is 10.5. The number of benzene rings is 2. The molecule has 1 heterocycles. The first-order chi connectivity index (χ1) is 11.2. The van der Waals surface area contributed by atoms with Crippen LogP contribution in [0.15, 0.2) is 60.7 Å². The van der Waals surface area contributed by atoms with E-state index in [1.807, 2.05) is 30.3 Å². The number of aromatic nitrogens is 2. The Labute approximate surface area is 134 Å². The highest BCUT2D eigenvalue weighted by atomic mass is 16.5. The van der Waals surface area contributed by atoms with Crippen molar-refractivity contribution in [2.75, 3.05) is 12.8 Å². The predicted octanol–water partition coefficient (Wildman–Crippen LogP) is 3.02. The number of anilines is 1. The quantitative estimate of drug-likeness (QED) is 0.736. The molecule has 0 fully saturated rings. The fourth-order valence-electron chi connectivity index (χ4n) is 2.31. The van der Waals surface area contributed by atoms with Gasteiger partial charge in [-0.25, -0.2) is 4.68 Å². The maximum Gasteiger partial charge on any atom is 0.184 e. The van der Waals surface area contributed by atoms with E-state index in [0.29, 0.717) is 17.1 Å². The van der Waals surface area contributed by atoms with Crippen LogP contribution in [-0.2, 0) is 6.54 Å². The molecule has 0 spiro atoms. The largest absolute Gasteiger partial charge is 0.497 e. The Morgan fingerprint density at radius 1 is 1.13 bits per heavy atom. The van der Waals surface area contributed by atoms with Crippen molar-refractivity contribution in [1.29, 1.82) is 0 Å². The molecule has 0 amide bonds. The topological polar surface area (TPSA) is 70.1 Å². The van der Waals surface area contributed by atoms with Crippen LogP contribution >= 0.6 is 0 Å². The monoisotopic (exact) mass is 307 g/mol. The molecule has 3 rings (SSSR count). The first-order valence-electron chi connectivity index (χ1n) is 7.23. The van der Waals surface area contributed by atoms with Crippen LogP contribution < -0.4 is 10.5 Å². The number of hydrogen-bond donors (Lipinski definition) is 1. The number of rotatable bonds is 5. The Kier molecular flexibility index (Phi) is 4.10. The van der Waals surface area contributed by atoms with Gasteiger partial charge in [0.05, 0.1) is 12.8 Å². The fourth-order valence-corrected chi connectivity index (χ4v) is 2.31. The number of nitrogens with two attached hydrogens (primary N) is 1. The summed E-state index contributed by atoms with van der Waals surface area (Å²) < 4.78 is 6.61. The minimum atomic E-state index is -0.0536. The molecule has 2 aromatic carbocycles. The van der Waals surface area contributed by atoms with Crippen LogP contribution in [0.25, 0.3) is 11.3 Å². The Morgan fingerprint density at radius 2 is 1.83 bits per heavy atom. The van der Waals surface area contributed by atoms with Crippen molar-refractivity contribution < 1.29 is 9.53 Å². The van der Waals surface area contributed by atoms with Gasteiger partial charge in [-0.1, -0.05) is 30.3 Å². The van der Waals surface area contributed by atoms with Gasteiger partial charge >= 0.3 is 0 Å². The third-order valence-corrected chi connectivity index (χ3v) is 3.59. The summed E-state index contributed by atoms with van der Waals surface area (Å²) >= 11 is 0. The highest BCUT2D eigenvalue weighted by Crippen LogP contribution is 2.20. The van der Waals surface area contributed by atoms with Crippen LogP contribution in [0, 0.1) is 0 Å². The van der Waals surface area contributed by atoms with Gasteiger partial charge in [-0.05, 0) is 24.3 Å². The average molecular weight is 307 g/mol. The zero-order chi connectivity index (χ0) is 16.2. The molecule has 0 unspecified atom stereocenters. The van der Waals surface area contributed by atoms with E-state index in [1.165, 1.54) is 4.68 Å². The molecule has 5 heteroatoms. The van der Waals surface area contributed by atoms with Gasteiger partial charge < -0.3 is 10.5 Å². The lowest BCUT2D eigenvalue weighted by Crippen LogP contribution is -2.13. The fraction of sp³-hybridized carbons (Fsp3) is 0.111. The molecular weight excluding hydrogens is 290 g/mol. The van der Waals surface area contributed by atoms with Crippen LogP contribution in [0.5, 0.6) is 5.75 Å². The molecule has 5 nitrogen and oxygen atoms in total. The van der Waals surface area contributed by atoms with Crippen LogP contribution in [0.1, 0.15) is 10.4 Å². The van der Waals surface area contributed by atoms with Gasteiger partial charge in [0.1, 0.15) is 18.1 Å². The summed E-state index contributed by atoms with van der Waals surface area (Å²) in [4.78, 5) is 12.4. The van der Waals surface area contributed by atoms with E-state index in [4.69, 9.17) is 10.5 Å². The highest BCUT2D eigenvalue weighted by Gasteiger charge is 2.12. The van der Waals surface area contributed by atoms with Gasteiger partial charge in [0.2, 0.25) is 0 Å². The molecule has 2 N–H and O–H groups in total. The Balaban J connectivity index is 1.79. The first kappa shape index (κ1) is 14.8. The molecule has 0 aliphatic rings. The second-order valence-corrected chi connectivity index (χ2v) is 5.13. The van der Waals surface area contributed by atoms with E-state index in [2.05, 4.69) is 5.10 Å². The molecular formula is C18H17N3O2. The molecule has 1 aromatic heterocycles. The first-order valence-corrected chi connectivity index (χ1v) is 7.23. The van der Waals surface area contributed by atoms with Crippen molar-refractivity contribution in [2.24, 2.45) is 0 Å². The summed E-state index contributed by atoms with van der Waals surface area (Å²) in [6.07, 6.45) is 0. The molecule has 23 heavy (non-hydrogen) atoms. The minimum absolute atomic E-state index is 0.0536.